The first kappa shape index (κ1) is 46.7. The van der Waals surface area contributed by atoms with Crippen molar-refractivity contribution in [3.8, 4) is 51.0 Å². The number of ether oxygens (including phenoxy) is 7. The van der Waals surface area contributed by atoms with Crippen LogP contribution in [0.4, 0.5) is 0 Å². The molecule has 0 bridgehead atoms. The Morgan fingerprint density at radius 1 is 0.627 bits per heavy atom. The van der Waals surface area contributed by atoms with Crippen LogP contribution in [0.3, 0.4) is 0 Å². The Hall–Kier alpha value is -6.78. The second-order valence-corrected chi connectivity index (χ2v) is 17.7. The number of esters is 2. The van der Waals surface area contributed by atoms with Crippen molar-refractivity contribution >= 4 is 28.8 Å². The Bertz CT molecular complexity index is 2750. The van der Waals surface area contributed by atoms with Crippen molar-refractivity contribution in [2.45, 2.75) is 76.7 Å². The van der Waals surface area contributed by atoms with Gasteiger partial charge in [0.1, 0.15) is 30.5 Å². The van der Waals surface area contributed by atoms with Crippen molar-refractivity contribution in [1.29, 1.82) is 0 Å². The summed E-state index contributed by atoms with van der Waals surface area (Å²) in [6, 6.07) is 35.5. The number of rotatable bonds is 20. The van der Waals surface area contributed by atoms with Crippen LogP contribution in [0.5, 0.6) is 28.7 Å². The first-order valence-electron chi connectivity index (χ1n) is 23.2. The number of aliphatic hydroxyl groups excluding tert-OH is 1. The topological polar surface area (TPSA) is 119 Å². The van der Waals surface area contributed by atoms with Crippen molar-refractivity contribution in [3.63, 3.8) is 0 Å². The molecule has 1 aliphatic heterocycles. The largest absolute Gasteiger partial charge is 0.497 e. The minimum absolute atomic E-state index is 0.0698. The average Bonchev–Trinajstić information content (AvgIpc) is 3.59. The molecule has 0 aromatic heterocycles. The van der Waals surface area contributed by atoms with Gasteiger partial charge in [-0.3, -0.25) is 9.59 Å². The summed E-state index contributed by atoms with van der Waals surface area (Å²) in [5, 5.41) is 10.8. The zero-order valence-electron chi connectivity index (χ0n) is 39.4. The van der Waals surface area contributed by atoms with Crippen LogP contribution < -0.4 is 23.7 Å². The summed E-state index contributed by atoms with van der Waals surface area (Å²) in [5.41, 5.74) is 9.69. The van der Waals surface area contributed by atoms with E-state index >= 15 is 0 Å². The number of hydrogen-bond acceptors (Lipinski definition) is 10. The molecule has 0 saturated heterocycles. The van der Waals surface area contributed by atoms with E-state index < -0.39 is 11.0 Å². The first-order valence-corrected chi connectivity index (χ1v) is 23.2. The number of aryl methyl sites for hydroxylation is 1. The highest BCUT2D eigenvalue weighted by atomic mass is 16.6. The lowest BCUT2D eigenvalue weighted by Crippen LogP contribution is -2.35. The highest BCUT2D eigenvalue weighted by Gasteiger charge is 2.45. The Labute approximate surface area is 393 Å². The molecule has 348 valence electrons. The third kappa shape index (κ3) is 9.59. The summed E-state index contributed by atoms with van der Waals surface area (Å²) in [6.45, 7) is 7.41. The summed E-state index contributed by atoms with van der Waals surface area (Å²) in [6.07, 6.45) is 8.23. The van der Waals surface area contributed by atoms with Gasteiger partial charge in [-0.2, -0.15) is 0 Å². The molecule has 1 unspecified atom stereocenters. The fraction of sp³-hybridized carbons (Fsp3) is 0.333. The van der Waals surface area contributed by atoms with Gasteiger partial charge in [0.2, 0.25) is 0 Å². The van der Waals surface area contributed by atoms with Crippen LogP contribution in [0.15, 0.2) is 109 Å². The quantitative estimate of drug-likeness (QED) is 0.0586. The molecule has 0 fully saturated rings. The van der Waals surface area contributed by atoms with Gasteiger partial charge in [0, 0.05) is 46.9 Å². The van der Waals surface area contributed by atoms with E-state index in [0.29, 0.717) is 56.0 Å². The molecule has 2 aliphatic rings. The molecule has 1 atom stereocenters. The lowest BCUT2D eigenvalue weighted by atomic mass is 9.76. The van der Waals surface area contributed by atoms with Crippen molar-refractivity contribution < 1.29 is 47.9 Å². The average molecular weight is 905 g/mol. The van der Waals surface area contributed by atoms with Crippen LogP contribution in [0.1, 0.15) is 92.2 Å². The highest BCUT2D eigenvalue weighted by Crippen LogP contribution is 2.59. The number of methoxy groups -OCH3 is 3. The number of unbranched alkanes of at least 4 members (excludes halogenated alkanes) is 3. The van der Waals surface area contributed by atoms with E-state index in [9.17, 15) is 9.59 Å². The molecule has 67 heavy (non-hydrogen) atoms. The first-order chi connectivity index (χ1) is 32.5. The monoisotopic (exact) mass is 904 g/mol. The summed E-state index contributed by atoms with van der Waals surface area (Å²) in [4.78, 5) is 24.1. The van der Waals surface area contributed by atoms with Gasteiger partial charge in [0.15, 0.2) is 17.1 Å². The van der Waals surface area contributed by atoms with Crippen molar-refractivity contribution in [2.75, 3.05) is 47.8 Å². The zero-order valence-corrected chi connectivity index (χ0v) is 39.4. The normalized spacial score (nSPS) is 15.2. The molecule has 0 amide bonds. The van der Waals surface area contributed by atoms with Crippen molar-refractivity contribution in [2.24, 2.45) is 0 Å². The summed E-state index contributed by atoms with van der Waals surface area (Å²) in [5.74, 6) is 2.79. The van der Waals surface area contributed by atoms with E-state index in [1.165, 1.54) is 33.4 Å². The fourth-order valence-corrected chi connectivity index (χ4v) is 9.42. The molecule has 6 aromatic rings. The molecule has 10 heteroatoms. The lowest BCUT2D eigenvalue weighted by molar-refractivity contribution is -0.145. The second-order valence-electron chi connectivity index (χ2n) is 17.7. The molecule has 1 N–H and O–H groups in total. The molecular weight excluding hydrogens is 845 g/mol. The maximum absolute atomic E-state index is 12.4. The molecular formula is C57H60O10. The molecule has 1 heterocycles. The third-order valence-electron chi connectivity index (χ3n) is 13.0. The molecule has 6 aromatic carbocycles. The van der Waals surface area contributed by atoms with Crippen LogP contribution >= 0.6 is 0 Å². The minimum Gasteiger partial charge on any atom is -0.497 e. The van der Waals surface area contributed by atoms with E-state index in [-0.39, 0.29) is 38.2 Å². The molecule has 0 radical (unpaired) electrons. The fourth-order valence-electron chi connectivity index (χ4n) is 9.42. The molecule has 0 spiro atoms. The van der Waals surface area contributed by atoms with Gasteiger partial charge in [0.25, 0.3) is 0 Å². The SMILES string of the molecule is COc1ccc(C2(c3ccc(OCCOC(=O)CCCCCOC(=O)CCCCO)cc3)C=Cc3c4c(c5cc(OC)c(OC)cc5c3O2)-c2ccc(-c3ccc(C)cc3)cc2C4(C)C)cc1. The third-order valence-corrected chi connectivity index (χ3v) is 13.0. The maximum Gasteiger partial charge on any atom is 0.305 e. The van der Waals surface area contributed by atoms with Crippen LogP contribution in [0.2, 0.25) is 0 Å². The van der Waals surface area contributed by atoms with Gasteiger partial charge in [-0.1, -0.05) is 86.2 Å². The van der Waals surface area contributed by atoms with E-state index in [4.69, 9.17) is 38.3 Å². The predicted octanol–water partition coefficient (Wildman–Crippen LogP) is 11.7. The Balaban J connectivity index is 1.05. The second kappa shape index (κ2) is 20.4. The smallest absolute Gasteiger partial charge is 0.305 e. The van der Waals surface area contributed by atoms with Crippen molar-refractivity contribution in [3.05, 3.63) is 143 Å². The van der Waals surface area contributed by atoms with Crippen LogP contribution in [-0.4, -0.2) is 64.8 Å². The number of aliphatic hydroxyl groups is 1. The van der Waals surface area contributed by atoms with E-state index in [0.717, 1.165) is 50.9 Å². The standard InChI is InChI=1S/C57H60O10/c1-37-14-16-38(17-15-37)39-18-27-44-48(34-39)56(2,3)54-45-28-29-57(40-19-23-42(61-4)24-20-40,67-55(45)47-36-50(63-6)49(62-5)35-46(47)53(44)54)41-21-25-43(26-22-41)64-32-33-66-52(60)12-8-7-11-31-65-51(59)13-9-10-30-58/h14-29,34-36,58H,7-13,30-33H2,1-6H3. The Morgan fingerprint density at radius 2 is 1.24 bits per heavy atom. The van der Waals surface area contributed by atoms with Crippen LogP contribution in [-0.2, 0) is 30.1 Å². The van der Waals surface area contributed by atoms with Crippen LogP contribution in [0, 0.1) is 6.92 Å². The summed E-state index contributed by atoms with van der Waals surface area (Å²) >= 11 is 0. The number of hydrogen-bond donors (Lipinski definition) is 1. The van der Waals surface area contributed by atoms with Gasteiger partial charge in [-0.05, 0) is 126 Å². The van der Waals surface area contributed by atoms with Gasteiger partial charge >= 0.3 is 11.9 Å². The molecule has 1 aliphatic carbocycles. The van der Waals surface area contributed by atoms with Gasteiger partial charge in [-0.25, -0.2) is 0 Å². The predicted molar refractivity (Wildman–Crippen MR) is 261 cm³/mol. The van der Waals surface area contributed by atoms with E-state index in [1.54, 1.807) is 21.3 Å². The number of carbonyl (C=O) groups is 2. The Morgan fingerprint density at radius 3 is 1.88 bits per heavy atom. The minimum atomic E-state index is -1.06. The Kier molecular flexibility index (Phi) is 14.2. The number of carbonyl (C=O) groups excluding carboxylic acids is 2. The van der Waals surface area contributed by atoms with E-state index in [2.05, 4.69) is 81.5 Å². The highest BCUT2D eigenvalue weighted by molar-refractivity contribution is 6.10. The number of fused-ring (bicyclic) bond motifs is 8. The van der Waals surface area contributed by atoms with Gasteiger partial charge in [-0.15, -0.1) is 0 Å². The van der Waals surface area contributed by atoms with Crippen LogP contribution in [0.25, 0.3) is 39.1 Å². The maximum atomic E-state index is 12.4. The van der Waals surface area contributed by atoms with Crippen molar-refractivity contribution in [1.82, 2.24) is 0 Å². The zero-order chi connectivity index (χ0) is 47.1. The lowest BCUT2D eigenvalue weighted by Gasteiger charge is -2.38. The molecule has 0 saturated carbocycles. The molecule has 8 rings (SSSR count). The summed E-state index contributed by atoms with van der Waals surface area (Å²) < 4.78 is 41.7. The van der Waals surface area contributed by atoms with Gasteiger partial charge in [0.05, 0.1) is 27.9 Å². The summed E-state index contributed by atoms with van der Waals surface area (Å²) in [7, 11) is 4.98. The molecule has 10 nitrogen and oxygen atoms in total. The number of benzene rings is 6. The van der Waals surface area contributed by atoms with E-state index in [1.807, 2.05) is 54.6 Å². The van der Waals surface area contributed by atoms with Gasteiger partial charge < -0.3 is 38.3 Å².